The van der Waals surface area contributed by atoms with Crippen molar-refractivity contribution in [1.82, 2.24) is 15.1 Å². The molecule has 5 heteroatoms. The van der Waals surface area contributed by atoms with E-state index in [0.717, 1.165) is 12.8 Å². The van der Waals surface area contributed by atoms with Gasteiger partial charge in [0.05, 0.1) is 6.54 Å². The van der Waals surface area contributed by atoms with Crippen LogP contribution in [0.5, 0.6) is 0 Å². The third-order valence-electron chi connectivity index (χ3n) is 2.97. The molecule has 1 aliphatic heterocycles. The van der Waals surface area contributed by atoms with E-state index in [-0.39, 0.29) is 17.7 Å². The Bertz CT molecular complexity index is 258. The zero-order valence-corrected chi connectivity index (χ0v) is 10.3. The number of nitrogens with one attached hydrogen (secondary N) is 1. The predicted octanol–water partition coefficient (Wildman–Crippen LogP) is -0.467. The molecule has 0 saturated carbocycles. The van der Waals surface area contributed by atoms with E-state index in [1.807, 2.05) is 4.90 Å². The van der Waals surface area contributed by atoms with Crippen molar-refractivity contribution in [1.29, 1.82) is 0 Å². The van der Waals surface area contributed by atoms with Crippen LogP contribution in [0.25, 0.3) is 0 Å². The van der Waals surface area contributed by atoms with Crippen LogP contribution < -0.4 is 5.32 Å². The molecule has 5 nitrogen and oxygen atoms in total. The number of amides is 2. The van der Waals surface area contributed by atoms with Crippen molar-refractivity contribution >= 4 is 11.8 Å². The maximum atomic E-state index is 11.7. The highest BCUT2D eigenvalue weighted by Gasteiger charge is 2.27. The summed E-state index contributed by atoms with van der Waals surface area (Å²) in [5.41, 5.74) is 0. The second-order valence-electron chi connectivity index (χ2n) is 4.42. The zero-order chi connectivity index (χ0) is 12.1. The molecule has 2 amide bonds. The quantitative estimate of drug-likeness (QED) is 0.709. The first-order chi connectivity index (χ1) is 7.56. The molecule has 1 rings (SSSR count). The number of likely N-dealkylation sites (N-methyl/N-ethyl adjacent to an activating group) is 1. The van der Waals surface area contributed by atoms with Crippen LogP contribution >= 0.6 is 0 Å². The molecule has 1 aliphatic rings. The molecule has 1 saturated heterocycles. The summed E-state index contributed by atoms with van der Waals surface area (Å²) in [5, 5.41) is 2.85. The van der Waals surface area contributed by atoms with Gasteiger partial charge in [0.25, 0.3) is 0 Å². The molecule has 0 unspecified atom stereocenters. The first-order valence-corrected chi connectivity index (χ1v) is 5.69. The first-order valence-electron chi connectivity index (χ1n) is 5.69. The lowest BCUT2D eigenvalue weighted by atomic mass is 9.95. The molecule has 0 aromatic heterocycles. The molecule has 0 spiro atoms. The van der Waals surface area contributed by atoms with E-state index >= 15 is 0 Å². The van der Waals surface area contributed by atoms with E-state index in [4.69, 9.17) is 0 Å². The summed E-state index contributed by atoms with van der Waals surface area (Å²) >= 11 is 0. The Labute approximate surface area is 96.8 Å². The highest BCUT2D eigenvalue weighted by Crippen LogP contribution is 2.18. The maximum absolute atomic E-state index is 11.7. The van der Waals surface area contributed by atoms with Gasteiger partial charge in [0.2, 0.25) is 11.8 Å². The highest BCUT2D eigenvalue weighted by molar-refractivity contribution is 5.80. The molecule has 0 aromatic rings. The average molecular weight is 227 g/mol. The fourth-order valence-corrected chi connectivity index (χ4v) is 2.00. The Morgan fingerprint density at radius 1 is 1.31 bits per heavy atom. The second kappa shape index (κ2) is 5.84. The largest absolute Gasteiger partial charge is 0.349 e. The van der Waals surface area contributed by atoms with Crippen molar-refractivity contribution in [3.05, 3.63) is 0 Å². The van der Waals surface area contributed by atoms with Crippen LogP contribution in [0.1, 0.15) is 12.8 Å². The summed E-state index contributed by atoms with van der Waals surface area (Å²) in [6.45, 7) is 1.78. The van der Waals surface area contributed by atoms with Crippen LogP contribution in [0, 0.1) is 5.92 Å². The molecular weight excluding hydrogens is 206 g/mol. The number of rotatable bonds is 3. The predicted molar refractivity (Wildman–Crippen MR) is 61.9 cm³/mol. The lowest BCUT2D eigenvalue weighted by Gasteiger charge is -2.32. The van der Waals surface area contributed by atoms with Crippen LogP contribution in [0.4, 0.5) is 0 Å². The van der Waals surface area contributed by atoms with Gasteiger partial charge >= 0.3 is 0 Å². The second-order valence-corrected chi connectivity index (χ2v) is 4.42. The fourth-order valence-electron chi connectivity index (χ4n) is 2.00. The normalized spacial score (nSPS) is 17.3. The molecule has 92 valence electrons. The van der Waals surface area contributed by atoms with Gasteiger partial charge in [-0.25, -0.2) is 0 Å². The minimum Gasteiger partial charge on any atom is -0.349 e. The Morgan fingerprint density at radius 3 is 2.31 bits per heavy atom. The first kappa shape index (κ1) is 13.0. The molecule has 0 radical (unpaired) electrons. The van der Waals surface area contributed by atoms with Crippen LogP contribution in [0.3, 0.4) is 0 Å². The third-order valence-corrected chi connectivity index (χ3v) is 2.97. The van der Waals surface area contributed by atoms with Crippen molar-refractivity contribution in [2.45, 2.75) is 12.8 Å². The molecule has 1 fully saturated rings. The number of piperidine rings is 1. The number of hydrogen-bond donors (Lipinski definition) is 1. The SMILES string of the molecule is CNCC(=O)N1CCC(C(=O)N(C)C)CC1. The summed E-state index contributed by atoms with van der Waals surface area (Å²) in [4.78, 5) is 26.8. The number of carbonyl (C=O) groups excluding carboxylic acids is 2. The van der Waals surface area contributed by atoms with Gasteiger partial charge in [0.1, 0.15) is 0 Å². The summed E-state index contributed by atoms with van der Waals surface area (Å²) in [6, 6.07) is 0. The van der Waals surface area contributed by atoms with Gasteiger partial charge in [0, 0.05) is 33.1 Å². The lowest BCUT2D eigenvalue weighted by molar-refractivity contribution is -0.138. The van der Waals surface area contributed by atoms with E-state index in [1.165, 1.54) is 0 Å². The summed E-state index contributed by atoms with van der Waals surface area (Å²) in [5.74, 6) is 0.396. The van der Waals surface area contributed by atoms with E-state index in [1.54, 1.807) is 26.0 Å². The Morgan fingerprint density at radius 2 is 1.88 bits per heavy atom. The number of nitrogens with zero attached hydrogens (tertiary/aromatic N) is 2. The smallest absolute Gasteiger partial charge is 0.236 e. The molecule has 0 aromatic carbocycles. The van der Waals surface area contributed by atoms with Gasteiger partial charge in [0.15, 0.2) is 0 Å². The van der Waals surface area contributed by atoms with Gasteiger partial charge in [-0.2, -0.15) is 0 Å². The standard InChI is InChI=1S/C11H21N3O2/c1-12-8-10(15)14-6-4-9(5-7-14)11(16)13(2)3/h9,12H,4-8H2,1-3H3. The average Bonchev–Trinajstić information content (AvgIpc) is 2.28. The molecule has 0 atom stereocenters. The van der Waals surface area contributed by atoms with Crippen LogP contribution in [-0.2, 0) is 9.59 Å². The van der Waals surface area contributed by atoms with Crippen molar-refractivity contribution in [2.24, 2.45) is 5.92 Å². The highest BCUT2D eigenvalue weighted by atomic mass is 16.2. The van der Waals surface area contributed by atoms with E-state index in [0.29, 0.717) is 19.6 Å². The minimum absolute atomic E-state index is 0.0913. The van der Waals surface area contributed by atoms with Crippen molar-refractivity contribution in [3.8, 4) is 0 Å². The maximum Gasteiger partial charge on any atom is 0.236 e. The van der Waals surface area contributed by atoms with Gasteiger partial charge in [-0.05, 0) is 19.9 Å². The minimum atomic E-state index is 0.0913. The van der Waals surface area contributed by atoms with Crippen molar-refractivity contribution in [2.75, 3.05) is 40.8 Å². The van der Waals surface area contributed by atoms with Crippen LogP contribution in [0.15, 0.2) is 0 Å². The molecule has 0 aliphatic carbocycles. The Balaban J connectivity index is 2.39. The van der Waals surface area contributed by atoms with Crippen LogP contribution in [-0.4, -0.2) is 62.4 Å². The Hall–Kier alpha value is -1.10. The Kier molecular flexibility index (Phi) is 4.73. The molecule has 0 bridgehead atoms. The zero-order valence-electron chi connectivity index (χ0n) is 10.3. The van der Waals surface area contributed by atoms with E-state index in [9.17, 15) is 9.59 Å². The monoisotopic (exact) mass is 227 g/mol. The van der Waals surface area contributed by atoms with Crippen molar-refractivity contribution in [3.63, 3.8) is 0 Å². The lowest BCUT2D eigenvalue weighted by Crippen LogP contribution is -2.45. The van der Waals surface area contributed by atoms with Crippen molar-refractivity contribution < 1.29 is 9.59 Å². The summed E-state index contributed by atoms with van der Waals surface area (Å²) in [7, 11) is 5.32. The number of hydrogen-bond acceptors (Lipinski definition) is 3. The topological polar surface area (TPSA) is 52.7 Å². The third kappa shape index (κ3) is 3.20. The molecule has 16 heavy (non-hydrogen) atoms. The summed E-state index contributed by atoms with van der Waals surface area (Å²) in [6.07, 6.45) is 1.57. The molecule has 1 heterocycles. The van der Waals surface area contributed by atoms with E-state index < -0.39 is 0 Å². The van der Waals surface area contributed by atoms with Crippen LogP contribution in [0.2, 0.25) is 0 Å². The fraction of sp³-hybridized carbons (Fsp3) is 0.818. The summed E-state index contributed by atoms with van der Waals surface area (Å²) < 4.78 is 0. The van der Waals surface area contributed by atoms with E-state index in [2.05, 4.69) is 5.32 Å². The number of likely N-dealkylation sites (tertiary alicyclic amines) is 1. The van der Waals surface area contributed by atoms with Gasteiger partial charge < -0.3 is 15.1 Å². The molecular formula is C11H21N3O2. The number of carbonyl (C=O) groups is 2. The van der Waals surface area contributed by atoms with Gasteiger partial charge in [-0.15, -0.1) is 0 Å². The van der Waals surface area contributed by atoms with Gasteiger partial charge in [-0.3, -0.25) is 9.59 Å². The molecule has 1 N–H and O–H groups in total. The van der Waals surface area contributed by atoms with Gasteiger partial charge in [-0.1, -0.05) is 0 Å².